The van der Waals surface area contributed by atoms with Gasteiger partial charge in [0.1, 0.15) is 17.8 Å². The summed E-state index contributed by atoms with van der Waals surface area (Å²) in [4.78, 5) is 34.2. The molecule has 0 N–H and O–H groups in total. The maximum atomic E-state index is 13.7. The van der Waals surface area contributed by atoms with Gasteiger partial charge in [-0.25, -0.2) is 9.78 Å². The van der Waals surface area contributed by atoms with E-state index in [1.165, 1.54) is 0 Å². The second-order valence-corrected chi connectivity index (χ2v) is 11.4. The third-order valence-corrected chi connectivity index (χ3v) is 6.94. The smallest absolute Gasteiger partial charge is 0.326 e. The molecule has 0 aliphatic carbocycles. The molecule has 3 aromatic rings. The highest BCUT2D eigenvalue weighted by atomic mass is 35.5. The molecule has 1 aliphatic rings. The van der Waals surface area contributed by atoms with E-state index in [9.17, 15) is 9.59 Å². The Bertz CT molecular complexity index is 1350. The van der Waals surface area contributed by atoms with Gasteiger partial charge in [0.2, 0.25) is 0 Å². The fraction of sp³-hybridized carbons (Fsp3) is 0.500. The number of carbonyl (C=O) groups excluding carboxylic acids is 2. The molecule has 0 saturated carbocycles. The van der Waals surface area contributed by atoms with Crippen molar-refractivity contribution < 1.29 is 23.8 Å². The Hall–Kier alpha value is -3.46. The van der Waals surface area contributed by atoms with E-state index in [1.54, 1.807) is 29.0 Å². The van der Waals surface area contributed by atoms with Crippen LogP contribution in [0.2, 0.25) is 5.02 Å². The molecule has 1 aromatic carbocycles. The average Bonchev–Trinajstić information content (AvgIpc) is 3.22. The van der Waals surface area contributed by atoms with Gasteiger partial charge in [0.05, 0.1) is 18.7 Å². The van der Waals surface area contributed by atoms with Crippen LogP contribution in [0.4, 0.5) is 10.5 Å². The summed E-state index contributed by atoms with van der Waals surface area (Å²) in [6, 6.07) is 7.38. The molecular weight excluding hydrogens is 532 g/mol. The zero-order chi connectivity index (χ0) is 28.9. The summed E-state index contributed by atoms with van der Waals surface area (Å²) in [6.07, 6.45) is 7.35. The summed E-state index contributed by atoms with van der Waals surface area (Å²) in [6.45, 7) is 9.81. The molecule has 1 fully saturated rings. The molecule has 1 saturated heterocycles. The molecule has 0 unspecified atom stereocenters. The Morgan fingerprint density at radius 3 is 2.65 bits per heavy atom. The van der Waals surface area contributed by atoms with Crippen molar-refractivity contribution in [1.82, 2.24) is 14.5 Å². The number of aromatic nitrogens is 2. The third kappa shape index (κ3) is 6.99. The van der Waals surface area contributed by atoms with E-state index in [0.717, 1.165) is 42.3 Å². The van der Waals surface area contributed by atoms with Crippen LogP contribution in [0.1, 0.15) is 58.9 Å². The monoisotopic (exact) mass is 570 g/mol. The van der Waals surface area contributed by atoms with Gasteiger partial charge in [-0.1, -0.05) is 31.4 Å². The largest absolute Gasteiger partial charge is 0.493 e. The van der Waals surface area contributed by atoms with E-state index in [0.29, 0.717) is 48.4 Å². The van der Waals surface area contributed by atoms with Gasteiger partial charge in [0.15, 0.2) is 11.5 Å². The van der Waals surface area contributed by atoms with Crippen molar-refractivity contribution in [2.75, 3.05) is 31.7 Å². The predicted octanol–water partition coefficient (Wildman–Crippen LogP) is 6.44. The summed E-state index contributed by atoms with van der Waals surface area (Å²) >= 11 is 6.63. The number of pyridine rings is 1. The number of esters is 1. The number of rotatable bonds is 11. The van der Waals surface area contributed by atoms with Crippen LogP contribution in [-0.2, 0) is 22.6 Å². The fourth-order valence-electron chi connectivity index (χ4n) is 4.85. The maximum Gasteiger partial charge on any atom is 0.326 e. The molecule has 2 aromatic heterocycles. The van der Waals surface area contributed by atoms with E-state index in [-0.39, 0.29) is 18.5 Å². The lowest BCUT2D eigenvalue weighted by molar-refractivity contribution is -0.155. The van der Waals surface area contributed by atoms with Gasteiger partial charge in [-0.05, 0) is 57.4 Å². The van der Waals surface area contributed by atoms with Crippen LogP contribution in [-0.4, -0.2) is 58.9 Å². The number of carbonyl (C=O) groups is 2. The van der Waals surface area contributed by atoms with Gasteiger partial charge in [0, 0.05) is 49.2 Å². The second kappa shape index (κ2) is 12.8. The number of methoxy groups -OCH3 is 1. The molecular formula is C30H39ClN4O5. The number of ether oxygens (including phenoxy) is 3. The molecule has 4 rings (SSSR count). The van der Waals surface area contributed by atoms with Crippen LogP contribution in [0.5, 0.6) is 11.5 Å². The molecule has 0 atom stereocenters. The number of fused-ring (bicyclic) bond motifs is 1. The van der Waals surface area contributed by atoms with Crippen molar-refractivity contribution in [3.05, 3.63) is 47.2 Å². The molecule has 216 valence electrons. The highest BCUT2D eigenvalue weighted by molar-refractivity contribution is 6.35. The number of amides is 2. The lowest BCUT2D eigenvalue weighted by atomic mass is 10.1. The number of benzene rings is 1. The molecule has 9 nitrogen and oxygen atoms in total. The summed E-state index contributed by atoms with van der Waals surface area (Å²) in [5, 5.41) is 1.20. The summed E-state index contributed by atoms with van der Waals surface area (Å²) in [7, 11) is 1.61. The van der Waals surface area contributed by atoms with Crippen molar-refractivity contribution in [3.63, 3.8) is 0 Å². The number of anilines is 1. The molecule has 40 heavy (non-hydrogen) atoms. The van der Waals surface area contributed by atoms with Crippen LogP contribution in [0.3, 0.4) is 0 Å². The minimum absolute atomic E-state index is 0.00627. The first-order chi connectivity index (χ1) is 19.1. The van der Waals surface area contributed by atoms with Crippen molar-refractivity contribution in [2.45, 2.75) is 72.1 Å². The van der Waals surface area contributed by atoms with Gasteiger partial charge in [0.25, 0.3) is 0 Å². The van der Waals surface area contributed by atoms with Crippen LogP contribution in [0, 0.1) is 0 Å². The van der Waals surface area contributed by atoms with Crippen LogP contribution in [0.25, 0.3) is 11.0 Å². The number of halogens is 1. The maximum absolute atomic E-state index is 13.7. The van der Waals surface area contributed by atoms with Gasteiger partial charge >= 0.3 is 12.0 Å². The van der Waals surface area contributed by atoms with E-state index in [2.05, 4.69) is 11.9 Å². The number of urea groups is 1. The highest BCUT2D eigenvalue weighted by Gasteiger charge is 2.29. The molecule has 3 heterocycles. The number of hydrogen-bond donors (Lipinski definition) is 0. The van der Waals surface area contributed by atoms with Gasteiger partial charge in [-0.3, -0.25) is 9.69 Å². The van der Waals surface area contributed by atoms with Crippen LogP contribution in [0.15, 0.2) is 36.7 Å². The lowest BCUT2D eigenvalue weighted by Crippen LogP contribution is -2.49. The molecule has 0 spiro atoms. The Balaban J connectivity index is 1.53. The summed E-state index contributed by atoms with van der Waals surface area (Å²) < 4.78 is 18.7. The number of unbranched alkanes of at least 4 members (excludes halogenated alkanes) is 2. The molecule has 10 heteroatoms. The topological polar surface area (TPSA) is 86.1 Å². The Kier molecular flexibility index (Phi) is 9.45. The van der Waals surface area contributed by atoms with Crippen molar-refractivity contribution in [3.8, 4) is 11.5 Å². The van der Waals surface area contributed by atoms with Crippen molar-refractivity contribution >= 4 is 40.3 Å². The van der Waals surface area contributed by atoms with Crippen molar-refractivity contribution in [2.24, 2.45) is 0 Å². The first-order valence-electron chi connectivity index (χ1n) is 13.8. The SMILES string of the molecule is CCCCCOc1cc(N2CCCN(Cc3ccnc4c3c(Cl)cn4CC(=O)OC(C)(C)C)C2=O)ccc1OC. The number of nitrogens with zero attached hydrogens (tertiary/aromatic N) is 4. The predicted molar refractivity (Wildman–Crippen MR) is 156 cm³/mol. The van der Waals surface area contributed by atoms with Crippen LogP contribution >= 0.6 is 11.6 Å². The lowest BCUT2D eigenvalue weighted by Gasteiger charge is -2.36. The Morgan fingerprint density at radius 1 is 1.12 bits per heavy atom. The summed E-state index contributed by atoms with van der Waals surface area (Å²) in [5.41, 5.74) is 1.62. The van der Waals surface area contributed by atoms with E-state index in [4.69, 9.17) is 25.8 Å². The zero-order valence-corrected chi connectivity index (χ0v) is 24.8. The van der Waals surface area contributed by atoms with E-state index < -0.39 is 5.60 Å². The zero-order valence-electron chi connectivity index (χ0n) is 24.0. The quantitative estimate of drug-likeness (QED) is 0.195. The second-order valence-electron chi connectivity index (χ2n) is 11.0. The van der Waals surface area contributed by atoms with Crippen molar-refractivity contribution in [1.29, 1.82) is 0 Å². The first-order valence-corrected chi connectivity index (χ1v) is 14.2. The minimum atomic E-state index is -0.589. The third-order valence-electron chi connectivity index (χ3n) is 6.65. The van der Waals surface area contributed by atoms with Gasteiger partial charge in [-0.2, -0.15) is 0 Å². The Labute approximate surface area is 240 Å². The summed E-state index contributed by atoms with van der Waals surface area (Å²) in [5.74, 6) is 0.907. The van der Waals surface area contributed by atoms with E-state index >= 15 is 0 Å². The number of hydrogen-bond acceptors (Lipinski definition) is 6. The standard InChI is InChI=1S/C30H39ClN4O5/c1-6-7-8-16-39-25-17-22(10-11-24(25)38-5)35-15-9-14-33(29(35)37)18-21-12-13-32-28-27(21)23(31)19-34(28)20-26(36)40-30(2,3)4/h10-13,17,19H,6-9,14-16,18,20H2,1-5H3. The molecule has 1 aliphatic heterocycles. The molecule has 0 radical (unpaired) electrons. The van der Waals surface area contributed by atoms with Gasteiger partial charge < -0.3 is 23.7 Å². The van der Waals surface area contributed by atoms with E-state index in [1.807, 2.05) is 49.9 Å². The van der Waals surface area contributed by atoms with Gasteiger partial charge in [-0.15, -0.1) is 0 Å². The highest BCUT2D eigenvalue weighted by Crippen LogP contribution is 2.34. The Morgan fingerprint density at radius 2 is 1.93 bits per heavy atom. The first kappa shape index (κ1) is 29.5. The normalized spacial score (nSPS) is 14.1. The average molecular weight is 571 g/mol. The minimum Gasteiger partial charge on any atom is -0.493 e. The molecule has 2 amide bonds. The van der Waals surface area contributed by atoms with Crippen LogP contribution < -0.4 is 14.4 Å². The molecule has 0 bridgehead atoms. The fourth-order valence-corrected chi connectivity index (χ4v) is 5.17.